The number of nitrogens with one attached hydrogen (secondary N) is 1. The second-order valence-electron chi connectivity index (χ2n) is 5.08. The van der Waals surface area contributed by atoms with Crippen molar-refractivity contribution in [3.8, 4) is 0 Å². The lowest BCUT2D eigenvalue weighted by molar-refractivity contribution is 0.0760. The number of aryl methyl sites for hydroxylation is 2. The second kappa shape index (κ2) is 7.54. The van der Waals surface area contributed by atoms with E-state index in [1.165, 1.54) is 11.3 Å². The van der Waals surface area contributed by atoms with E-state index >= 15 is 0 Å². The van der Waals surface area contributed by atoms with Crippen LogP contribution in [0.1, 0.15) is 43.6 Å². The molecule has 104 valence electrons. The van der Waals surface area contributed by atoms with Crippen LogP contribution in [0.25, 0.3) is 0 Å². The highest BCUT2D eigenvalue weighted by molar-refractivity contribution is 5.23. The number of hydrogen-bond acceptors (Lipinski definition) is 3. The molecule has 4 heteroatoms. The van der Waals surface area contributed by atoms with Gasteiger partial charge in [0.1, 0.15) is 0 Å². The van der Waals surface area contributed by atoms with Crippen molar-refractivity contribution < 1.29 is 4.74 Å². The molecule has 1 aromatic heterocycles. The summed E-state index contributed by atoms with van der Waals surface area (Å²) in [6, 6.07) is 0. The lowest BCUT2D eigenvalue weighted by Gasteiger charge is -2.08. The highest BCUT2D eigenvalue weighted by Gasteiger charge is 2.07. The van der Waals surface area contributed by atoms with Gasteiger partial charge in [-0.05, 0) is 47.1 Å². The molecule has 0 saturated carbocycles. The third kappa shape index (κ3) is 4.78. The van der Waals surface area contributed by atoms with E-state index in [0.717, 1.165) is 38.2 Å². The SMILES string of the molecule is Cc1nn(C)c(C)c1CNCCCCOC(C)C. The second-order valence-corrected chi connectivity index (χ2v) is 5.08. The van der Waals surface area contributed by atoms with Crippen LogP contribution in [0.5, 0.6) is 0 Å². The van der Waals surface area contributed by atoms with Gasteiger partial charge in [-0.25, -0.2) is 0 Å². The molecule has 0 amide bonds. The fourth-order valence-electron chi connectivity index (χ4n) is 1.96. The van der Waals surface area contributed by atoms with Gasteiger partial charge < -0.3 is 10.1 Å². The van der Waals surface area contributed by atoms with Gasteiger partial charge in [0.2, 0.25) is 0 Å². The van der Waals surface area contributed by atoms with Crippen LogP contribution in [0.2, 0.25) is 0 Å². The number of rotatable bonds is 8. The molecular formula is C14H27N3O. The summed E-state index contributed by atoms with van der Waals surface area (Å²) < 4.78 is 7.45. The fraction of sp³-hybridized carbons (Fsp3) is 0.786. The Labute approximate surface area is 111 Å². The predicted molar refractivity (Wildman–Crippen MR) is 74.7 cm³/mol. The summed E-state index contributed by atoms with van der Waals surface area (Å²) in [6.45, 7) is 11.2. The fourth-order valence-corrected chi connectivity index (χ4v) is 1.96. The highest BCUT2D eigenvalue weighted by Crippen LogP contribution is 2.11. The monoisotopic (exact) mass is 253 g/mol. The van der Waals surface area contributed by atoms with Crippen LogP contribution in [0.15, 0.2) is 0 Å². The van der Waals surface area contributed by atoms with E-state index in [4.69, 9.17) is 4.74 Å². The van der Waals surface area contributed by atoms with Crippen molar-refractivity contribution in [1.29, 1.82) is 0 Å². The third-order valence-corrected chi connectivity index (χ3v) is 3.16. The van der Waals surface area contributed by atoms with Gasteiger partial charge in [-0.3, -0.25) is 4.68 Å². The Morgan fingerprint density at radius 2 is 2.00 bits per heavy atom. The molecule has 0 aliphatic rings. The minimum Gasteiger partial charge on any atom is -0.379 e. The number of hydrogen-bond donors (Lipinski definition) is 1. The van der Waals surface area contributed by atoms with E-state index in [0.29, 0.717) is 6.10 Å². The summed E-state index contributed by atoms with van der Waals surface area (Å²) in [5.74, 6) is 0. The average Bonchev–Trinajstić information content (AvgIpc) is 2.53. The molecule has 0 atom stereocenters. The van der Waals surface area contributed by atoms with Crippen LogP contribution >= 0.6 is 0 Å². The van der Waals surface area contributed by atoms with Gasteiger partial charge in [0.15, 0.2) is 0 Å². The summed E-state index contributed by atoms with van der Waals surface area (Å²) in [6.07, 6.45) is 2.63. The first kappa shape index (κ1) is 15.2. The molecule has 1 heterocycles. The first-order valence-corrected chi connectivity index (χ1v) is 6.83. The van der Waals surface area contributed by atoms with Crippen LogP contribution in [-0.4, -0.2) is 29.0 Å². The molecule has 0 aliphatic heterocycles. The zero-order chi connectivity index (χ0) is 13.5. The maximum Gasteiger partial charge on any atom is 0.0641 e. The molecule has 4 nitrogen and oxygen atoms in total. The van der Waals surface area contributed by atoms with Crippen LogP contribution < -0.4 is 5.32 Å². The van der Waals surface area contributed by atoms with E-state index in [1.807, 2.05) is 11.7 Å². The largest absolute Gasteiger partial charge is 0.379 e. The predicted octanol–water partition coefficient (Wildman–Crippen LogP) is 2.33. The molecule has 1 aromatic rings. The maximum atomic E-state index is 5.51. The molecule has 0 fully saturated rings. The first-order valence-electron chi connectivity index (χ1n) is 6.83. The van der Waals surface area contributed by atoms with E-state index in [9.17, 15) is 0 Å². The number of unbranched alkanes of at least 4 members (excludes halogenated alkanes) is 1. The van der Waals surface area contributed by atoms with Crippen molar-refractivity contribution in [2.45, 2.75) is 53.2 Å². The Hall–Kier alpha value is -0.870. The molecule has 0 bridgehead atoms. The Kier molecular flexibility index (Phi) is 6.36. The lowest BCUT2D eigenvalue weighted by atomic mass is 10.2. The Morgan fingerprint density at radius 1 is 1.28 bits per heavy atom. The molecule has 0 saturated heterocycles. The van der Waals surface area contributed by atoms with Gasteiger partial charge in [0.25, 0.3) is 0 Å². The van der Waals surface area contributed by atoms with E-state index in [-0.39, 0.29) is 0 Å². The Balaban J connectivity index is 2.14. The molecule has 0 unspecified atom stereocenters. The van der Waals surface area contributed by atoms with Crippen molar-refractivity contribution in [2.24, 2.45) is 7.05 Å². The van der Waals surface area contributed by atoms with Gasteiger partial charge in [-0.1, -0.05) is 0 Å². The van der Waals surface area contributed by atoms with E-state index in [2.05, 4.69) is 38.1 Å². The van der Waals surface area contributed by atoms with Crippen LogP contribution in [0.3, 0.4) is 0 Å². The molecule has 1 N–H and O–H groups in total. The van der Waals surface area contributed by atoms with Gasteiger partial charge in [-0.2, -0.15) is 5.10 Å². The van der Waals surface area contributed by atoms with E-state index < -0.39 is 0 Å². The minimum atomic E-state index is 0.346. The molecular weight excluding hydrogens is 226 g/mol. The molecule has 0 radical (unpaired) electrons. The smallest absolute Gasteiger partial charge is 0.0641 e. The van der Waals surface area contributed by atoms with Crippen LogP contribution in [0, 0.1) is 13.8 Å². The molecule has 0 aliphatic carbocycles. The summed E-state index contributed by atoms with van der Waals surface area (Å²) in [4.78, 5) is 0. The summed E-state index contributed by atoms with van der Waals surface area (Å²) >= 11 is 0. The maximum absolute atomic E-state index is 5.51. The number of aromatic nitrogens is 2. The molecule has 0 aromatic carbocycles. The van der Waals surface area contributed by atoms with Crippen LogP contribution in [-0.2, 0) is 18.3 Å². The van der Waals surface area contributed by atoms with Crippen molar-refractivity contribution >= 4 is 0 Å². The van der Waals surface area contributed by atoms with Crippen molar-refractivity contribution in [1.82, 2.24) is 15.1 Å². The number of ether oxygens (including phenoxy) is 1. The highest BCUT2D eigenvalue weighted by atomic mass is 16.5. The first-order chi connectivity index (χ1) is 8.52. The Bertz CT molecular complexity index is 358. The Morgan fingerprint density at radius 3 is 2.56 bits per heavy atom. The van der Waals surface area contributed by atoms with Crippen molar-refractivity contribution in [3.63, 3.8) is 0 Å². The molecule has 18 heavy (non-hydrogen) atoms. The zero-order valence-corrected chi connectivity index (χ0v) is 12.4. The van der Waals surface area contributed by atoms with E-state index in [1.54, 1.807) is 0 Å². The van der Waals surface area contributed by atoms with Crippen LogP contribution in [0.4, 0.5) is 0 Å². The summed E-state index contributed by atoms with van der Waals surface area (Å²) in [5.41, 5.74) is 3.71. The minimum absolute atomic E-state index is 0.346. The quantitative estimate of drug-likeness (QED) is 0.723. The standard InChI is InChI=1S/C14H27N3O/c1-11(2)18-9-7-6-8-15-10-14-12(3)16-17(5)13(14)4/h11,15H,6-10H2,1-5H3. The number of nitrogens with zero attached hydrogens (tertiary/aromatic N) is 2. The third-order valence-electron chi connectivity index (χ3n) is 3.16. The average molecular weight is 253 g/mol. The topological polar surface area (TPSA) is 39.1 Å². The lowest BCUT2D eigenvalue weighted by Crippen LogP contribution is -2.16. The van der Waals surface area contributed by atoms with Gasteiger partial charge in [-0.15, -0.1) is 0 Å². The molecule has 0 spiro atoms. The zero-order valence-electron chi connectivity index (χ0n) is 12.4. The molecule has 1 rings (SSSR count). The van der Waals surface area contributed by atoms with Gasteiger partial charge in [0, 0.05) is 31.5 Å². The van der Waals surface area contributed by atoms with Crippen molar-refractivity contribution in [3.05, 3.63) is 17.0 Å². The summed E-state index contributed by atoms with van der Waals surface area (Å²) in [5, 5.41) is 7.89. The normalized spacial score (nSPS) is 11.4. The van der Waals surface area contributed by atoms with Gasteiger partial charge in [0.05, 0.1) is 11.8 Å². The van der Waals surface area contributed by atoms with Crippen molar-refractivity contribution in [2.75, 3.05) is 13.2 Å². The van der Waals surface area contributed by atoms with Gasteiger partial charge >= 0.3 is 0 Å². The summed E-state index contributed by atoms with van der Waals surface area (Å²) in [7, 11) is 2.00.